The van der Waals surface area contributed by atoms with Crippen molar-refractivity contribution >= 4 is 9.84 Å². The molecule has 3 nitrogen and oxygen atoms in total. The van der Waals surface area contributed by atoms with Gasteiger partial charge in [-0.05, 0) is 51.0 Å². The SMILES string of the molecule is C=C(C)C1CC=C(C)CC1(Cc1ccco1)S(=O)(=O)c1ccccc1. The summed E-state index contributed by atoms with van der Waals surface area (Å²) in [6, 6.07) is 12.4. The van der Waals surface area contributed by atoms with Crippen molar-refractivity contribution in [3.63, 3.8) is 0 Å². The van der Waals surface area contributed by atoms with Gasteiger partial charge < -0.3 is 4.42 Å². The van der Waals surface area contributed by atoms with Crippen LogP contribution >= 0.6 is 0 Å². The van der Waals surface area contributed by atoms with Gasteiger partial charge in [0, 0.05) is 12.3 Å². The standard InChI is InChI=1S/C21H24O3S/c1-16(2)20-12-11-17(3)14-21(20,15-18-8-7-13-24-18)25(22,23)19-9-5-4-6-10-19/h4-11,13,20H,1,12,14-15H2,2-3H3. The third-order valence-corrected chi connectivity index (χ3v) is 7.69. The molecule has 2 aromatic rings. The highest BCUT2D eigenvalue weighted by Crippen LogP contribution is 2.47. The van der Waals surface area contributed by atoms with Crippen LogP contribution in [0.1, 0.15) is 32.4 Å². The zero-order chi connectivity index (χ0) is 18.1. The topological polar surface area (TPSA) is 47.3 Å². The highest BCUT2D eigenvalue weighted by atomic mass is 32.2. The Labute approximate surface area is 150 Å². The molecule has 0 aliphatic heterocycles. The molecule has 4 heteroatoms. The predicted molar refractivity (Wildman–Crippen MR) is 100 cm³/mol. The molecule has 132 valence electrons. The molecule has 1 aromatic heterocycles. The largest absolute Gasteiger partial charge is 0.469 e. The molecule has 1 aliphatic rings. The average Bonchev–Trinajstić information content (AvgIpc) is 3.08. The number of allylic oxidation sites excluding steroid dienone is 3. The number of hydrogen-bond acceptors (Lipinski definition) is 3. The summed E-state index contributed by atoms with van der Waals surface area (Å²) in [5.74, 6) is 0.548. The highest BCUT2D eigenvalue weighted by Gasteiger charge is 2.52. The minimum Gasteiger partial charge on any atom is -0.469 e. The molecule has 0 bridgehead atoms. The van der Waals surface area contributed by atoms with Crippen molar-refractivity contribution in [1.29, 1.82) is 0 Å². The van der Waals surface area contributed by atoms with E-state index in [1.807, 2.05) is 26.0 Å². The molecule has 0 fully saturated rings. The summed E-state index contributed by atoms with van der Waals surface area (Å²) in [4.78, 5) is 0.363. The molecule has 0 amide bonds. The van der Waals surface area contributed by atoms with E-state index in [1.54, 1.807) is 36.6 Å². The van der Waals surface area contributed by atoms with Crippen molar-refractivity contribution in [2.45, 2.75) is 42.8 Å². The van der Waals surface area contributed by atoms with Crippen molar-refractivity contribution < 1.29 is 12.8 Å². The Kier molecular flexibility index (Phi) is 4.74. The van der Waals surface area contributed by atoms with Crippen LogP contribution in [0.5, 0.6) is 0 Å². The van der Waals surface area contributed by atoms with Gasteiger partial charge in [-0.15, -0.1) is 0 Å². The first-order chi connectivity index (χ1) is 11.9. The van der Waals surface area contributed by atoms with E-state index in [9.17, 15) is 8.42 Å². The van der Waals surface area contributed by atoms with Crippen LogP contribution in [0.3, 0.4) is 0 Å². The van der Waals surface area contributed by atoms with Gasteiger partial charge in [0.1, 0.15) is 5.76 Å². The van der Waals surface area contributed by atoms with Crippen LogP contribution in [0.2, 0.25) is 0 Å². The fourth-order valence-corrected chi connectivity index (χ4v) is 6.36. The number of hydrogen-bond donors (Lipinski definition) is 0. The predicted octanol–water partition coefficient (Wildman–Crippen LogP) is 4.97. The molecule has 3 rings (SSSR count). The monoisotopic (exact) mass is 356 g/mol. The average molecular weight is 356 g/mol. The molecule has 25 heavy (non-hydrogen) atoms. The van der Waals surface area contributed by atoms with E-state index in [0.717, 1.165) is 11.1 Å². The molecule has 1 heterocycles. The van der Waals surface area contributed by atoms with Gasteiger partial charge in [0.15, 0.2) is 9.84 Å². The third-order valence-electron chi connectivity index (χ3n) is 5.15. The number of benzene rings is 1. The van der Waals surface area contributed by atoms with E-state index in [-0.39, 0.29) is 5.92 Å². The Morgan fingerprint density at radius 3 is 2.56 bits per heavy atom. The van der Waals surface area contributed by atoms with Crippen LogP contribution in [0.15, 0.2) is 81.8 Å². The zero-order valence-corrected chi connectivity index (χ0v) is 15.6. The van der Waals surface area contributed by atoms with Crippen molar-refractivity contribution in [3.05, 3.63) is 78.3 Å². The van der Waals surface area contributed by atoms with Crippen LogP contribution in [0, 0.1) is 5.92 Å². The number of sulfone groups is 1. The molecule has 0 spiro atoms. The quantitative estimate of drug-likeness (QED) is 0.711. The van der Waals surface area contributed by atoms with Gasteiger partial charge in [-0.25, -0.2) is 8.42 Å². The Morgan fingerprint density at radius 1 is 1.24 bits per heavy atom. The molecular formula is C21H24O3S. The van der Waals surface area contributed by atoms with E-state index >= 15 is 0 Å². The van der Waals surface area contributed by atoms with Crippen molar-refractivity contribution in [2.75, 3.05) is 0 Å². The second-order valence-corrected chi connectivity index (χ2v) is 9.29. The van der Waals surface area contributed by atoms with Gasteiger partial charge in [0.2, 0.25) is 0 Å². The van der Waals surface area contributed by atoms with Crippen molar-refractivity contribution in [2.24, 2.45) is 5.92 Å². The lowest BCUT2D eigenvalue weighted by Crippen LogP contribution is -2.49. The third kappa shape index (κ3) is 3.11. The van der Waals surface area contributed by atoms with Crippen LogP contribution in [0.25, 0.3) is 0 Å². The van der Waals surface area contributed by atoms with E-state index in [1.165, 1.54) is 0 Å². The van der Waals surface area contributed by atoms with E-state index < -0.39 is 14.6 Å². The van der Waals surface area contributed by atoms with Gasteiger partial charge in [-0.1, -0.05) is 42.0 Å². The normalized spacial score (nSPS) is 23.9. The fraction of sp³-hybridized carbons (Fsp3) is 0.333. The molecule has 2 atom stereocenters. The van der Waals surface area contributed by atoms with Crippen molar-refractivity contribution in [3.8, 4) is 0 Å². The molecule has 1 aromatic carbocycles. The summed E-state index contributed by atoms with van der Waals surface area (Å²) in [7, 11) is -3.59. The first-order valence-electron chi connectivity index (χ1n) is 8.50. The maximum absolute atomic E-state index is 13.8. The Balaban J connectivity index is 2.21. The zero-order valence-electron chi connectivity index (χ0n) is 14.7. The van der Waals surface area contributed by atoms with Gasteiger partial charge in [-0.3, -0.25) is 0 Å². The summed E-state index contributed by atoms with van der Waals surface area (Å²) in [5.41, 5.74) is 2.00. The van der Waals surface area contributed by atoms with E-state index in [4.69, 9.17) is 4.42 Å². The number of furan rings is 1. The molecule has 1 aliphatic carbocycles. The highest BCUT2D eigenvalue weighted by molar-refractivity contribution is 7.92. The molecule has 0 radical (unpaired) electrons. The summed E-state index contributed by atoms with van der Waals surface area (Å²) in [6.07, 6.45) is 5.26. The van der Waals surface area contributed by atoms with Gasteiger partial charge in [0.05, 0.1) is 15.9 Å². The van der Waals surface area contributed by atoms with Gasteiger partial charge >= 0.3 is 0 Å². The van der Waals surface area contributed by atoms with Gasteiger partial charge in [0.25, 0.3) is 0 Å². The Hall–Kier alpha value is -2.07. The lowest BCUT2D eigenvalue weighted by atomic mass is 9.74. The summed E-state index contributed by atoms with van der Waals surface area (Å²) >= 11 is 0. The van der Waals surface area contributed by atoms with Gasteiger partial charge in [-0.2, -0.15) is 0 Å². The smallest absolute Gasteiger partial charge is 0.185 e. The van der Waals surface area contributed by atoms with E-state index in [2.05, 4.69) is 12.7 Å². The van der Waals surface area contributed by atoms with Crippen LogP contribution < -0.4 is 0 Å². The van der Waals surface area contributed by atoms with Crippen LogP contribution in [-0.2, 0) is 16.3 Å². The second-order valence-electron chi connectivity index (χ2n) is 7.00. The van der Waals surface area contributed by atoms with Crippen LogP contribution in [0.4, 0.5) is 0 Å². The van der Waals surface area contributed by atoms with Crippen molar-refractivity contribution in [1.82, 2.24) is 0 Å². The molecular weight excluding hydrogens is 332 g/mol. The molecule has 0 saturated heterocycles. The Bertz CT molecular complexity index is 876. The Morgan fingerprint density at radius 2 is 1.96 bits per heavy atom. The lowest BCUT2D eigenvalue weighted by Gasteiger charge is -2.43. The second kappa shape index (κ2) is 6.68. The summed E-state index contributed by atoms with van der Waals surface area (Å²) in [5, 5.41) is 0. The first kappa shape index (κ1) is 17.7. The summed E-state index contributed by atoms with van der Waals surface area (Å²) < 4.78 is 32.1. The minimum absolute atomic E-state index is 0.147. The molecule has 2 unspecified atom stereocenters. The number of rotatable bonds is 5. The maximum Gasteiger partial charge on any atom is 0.185 e. The van der Waals surface area contributed by atoms with Crippen LogP contribution in [-0.4, -0.2) is 13.2 Å². The summed E-state index contributed by atoms with van der Waals surface area (Å²) in [6.45, 7) is 8.04. The minimum atomic E-state index is -3.59. The fourth-order valence-electron chi connectivity index (χ4n) is 3.96. The maximum atomic E-state index is 13.8. The molecule has 0 N–H and O–H groups in total. The molecule has 0 saturated carbocycles. The lowest BCUT2D eigenvalue weighted by molar-refractivity contribution is 0.347. The first-order valence-corrected chi connectivity index (χ1v) is 9.98. The van der Waals surface area contributed by atoms with E-state index in [0.29, 0.717) is 29.9 Å².